The molecule has 2 aliphatic heterocycles. The Balaban J connectivity index is 1.44. The van der Waals surface area contributed by atoms with E-state index in [1.54, 1.807) is 13.0 Å². The lowest BCUT2D eigenvalue weighted by molar-refractivity contribution is -0.113. The van der Waals surface area contributed by atoms with Gasteiger partial charge in [0, 0.05) is 25.8 Å². The fourth-order valence-corrected chi connectivity index (χ4v) is 4.01. The largest absolute Gasteiger partial charge is 0.378 e. The number of morpholine rings is 1. The van der Waals surface area contributed by atoms with Crippen molar-refractivity contribution in [1.29, 1.82) is 0 Å². The summed E-state index contributed by atoms with van der Waals surface area (Å²) in [5, 5.41) is 15.9. The molecule has 0 aliphatic carbocycles. The maximum Gasteiger partial charge on any atom is 0.236 e. The number of carbonyl (C=O) groups is 1. The first-order valence-corrected chi connectivity index (χ1v) is 10.4. The summed E-state index contributed by atoms with van der Waals surface area (Å²) < 4.78 is 18.3. The van der Waals surface area contributed by atoms with E-state index < -0.39 is 0 Å². The molecule has 2 aromatic rings. The standard InChI is InChI=1S/C17H24N6O4S/c1-12-9-14(21-27-12)18-15(24)11-28-17-20-19-16(22-4-7-25-8-5-22)23(17)10-13-3-2-6-26-13/h9,13H,2-8,10-11H2,1H3,(H,18,21,24). The third kappa shape index (κ3) is 4.65. The number of carbonyl (C=O) groups excluding carboxylic acids is 1. The Bertz CT molecular complexity index is 797. The summed E-state index contributed by atoms with van der Waals surface area (Å²) in [5.41, 5.74) is 0. The van der Waals surface area contributed by atoms with Gasteiger partial charge in [-0.3, -0.25) is 9.36 Å². The minimum Gasteiger partial charge on any atom is -0.378 e. The number of hydrogen-bond donors (Lipinski definition) is 1. The molecule has 1 N–H and O–H groups in total. The van der Waals surface area contributed by atoms with Gasteiger partial charge < -0.3 is 24.2 Å². The van der Waals surface area contributed by atoms with Gasteiger partial charge in [0.1, 0.15) is 5.76 Å². The lowest BCUT2D eigenvalue weighted by atomic mass is 10.2. The molecule has 4 heterocycles. The quantitative estimate of drug-likeness (QED) is 0.679. The Morgan fingerprint density at radius 3 is 2.89 bits per heavy atom. The molecule has 0 aromatic carbocycles. The zero-order valence-corrected chi connectivity index (χ0v) is 16.6. The summed E-state index contributed by atoms with van der Waals surface area (Å²) in [4.78, 5) is 14.4. The van der Waals surface area contributed by atoms with Gasteiger partial charge in [-0.15, -0.1) is 10.2 Å². The number of nitrogens with zero attached hydrogens (tertiary/aromatic N) is 5. The summed E-state index contributed by atoms with van der Waals surface area (Å²) in [7, 11) is 0. The Labute approximate surface area is 166 Å². The van der Waals surface area contributed by atoms with Crippen molar-refractivity contribution in [2.24, 2.45) is 0 Å². The van der Waals surface area contributed by atoms with Crippen LogP contribution in [0.25, 0.3) is 0 Å². The molecule has 10 nitrogen and oxygen atoms in total. The van der Waals surface area contributed by atoms with Crippen LogP contribution in [0.15, 0.2) is 15.7 Å². The molecule has 0 saturated carbocycles. The molecular weight excluding hydrogens is 384 g/mol. The van der Waals surface area contributed by atoms with Crippen molar-refractivity contribution in [2.75, 3.05) is 48.9 Å². The molecule has 28 heavy (non-hydrogen) atoms. The van der Waals surface area contributed by atoms with Crippen molar-refractivity contribution in [3.05, 3.63) is 11.8 Å². The van der Waals surface area contributed by atoms with Gasteiger partial charge in [-0.2, -0.15) is 0 Å². The van der Waals surface area contributed by atoms with Gasteiger partial charge in [-0.1, -0.05) is 16.9 Å². The second-order valence-corrected chi connectivity index (χ2v) is 7.73. The van der Waals surface area contributed by atoms with Crippen molar-refractivity contribution >= 4 is 29.4 Å². The highest BCUT2D eigenvalue weighted by Crippen LogP contribution is 2.26. The Kier molecular flexibility index (Phi) is 6.13. The molecule has 0 bridgehead atoms. The zero-order valence-electron chi connectivity index (χ0n) is 15.8. The molecule has 2 saturated heterocycles. The summed E-state index contributed by atoms with van der Waals surface area (Å²) >= 11 is 1.35. The maximum atomic E-state index is 12.2. The fourth-order valence-electron chi connectivity index (χ4n) is 3.27. The van der Waals surface area contributed by atoms with E-state index in [-0.39, 0.29) is 17.8 Å². The van der Waals surface area contributed by atoms with Gasteiger partial charge in [0.15, 0.2) is 11.0 Å². The van der Waals surface area contributed by atoms with Crippen LogP contribution in [-0.2, 0) is 20.8 Å². The van der Waals surface area contributed by atoms with Crippen LogP contribution in [0.4, 0.5) is 11.8 Å². The number of thioether (sulfide) groups is 1. The predicted molar refractivity (Wildman–Crippen MR) is 103 cm³/mol. The molecule has 2 aromatic heterocycles. The van der Waals surface area contributed by atoms with Crippen LogP contribution in [0.5, 0.6) is 0 Å². The average molecular weight is 408 g/mol. The highest BCUT2D eigenvalue weighted by Gasteiger charge is 2.25. The summed E-state index contributed by atoms with van der Waals surface area (Å²) in [6.45, 7) is 6.16. The highest BCUT2D eigenvalue weighted by molar-refractivity contribution is 7.99. The first-order chi connectivity index (χ1) is 13.7. The minimum absolute atomic E-state index is 0.155. The number of ether oxygens (including phenoxy) is 2. The van der Waals surface area contributed by atoms with E-state index in [1.165, 1.54) is 11.8 Å². The van der Waals surface area contributed by atoms with Crippen molar-refractivity contribution in [3.63, 3.8) is 0 Å². The van der Waals surface area contributed by atoms with E-state index in [0.717, 1.165) is 38.5 Å². The van der Waals surface area contributed by atoms with E-state index >= 15 is 0 Å². The van der Waals surface area contributed by atoms with Crippen LogP contribution < -0.4 is 10.2 Å². The lowest BCUT2D eigenvalue weighted by Crippen LogP contribution is -2.38. The van der Waals surface area contributed by atoms with Gasteiger partial charge in [0.25, 0.3) is 0 Å². The van der Waals surface area contributed by atoms with E-state index in [2.05, 4.69) is 30.1 Å². The van der Waals surface area contributed by atoms with Crippen molar-refractivity contribution in [3.8, 4) is 0 Å². The molecule has 1 atom stereocenters. The van der Waals surface area contributed by atoms with Gasteiger partial charge in [0.2, 0.25) is 11.9 Å². The van der Waals surface area contributed by atoms with Crippen LogP contribution in [-0.4, -0.2) is 70.6 Å². The Hall–Kier alpha value is -2.11. The lowest BCUT2D eigenvalue weighted by Gasteiger charge is -2.28. The molecule has 11 heteroatoms. The molecule has 152 valence electrons. The number of rotatable bonds is 7. The molecule has 1 unspecified atom stereocenters. The van der Waals surface area contributed by atoms with Crippen LogP contribution in [0.1, 0.15) is 18.6 Å². The third-order valence-electron chi connectivity index (χ3n) is 4.63. The molecule has 1 amide bonds. The van der Waals surface area contributed by atoms with Gasteiger partial charge in [-0.25, -0.2) is 0 Å². The van der Waals surface area contributed by atoms with Gasteiger partial charge >= 0.3 is 0 Å². The van der Waals surface area contributed by atoms with Crippen molar-refractivity contribution in [1.82, 2.24) is 19.9 Å². The summed E-state index contributed by atoms with van der Waals surface area (Å²) in [6, 6.07) is 1.68. The monoisotopic (exact) mass is 408 g/mol. The second-order valence-electron chi connectivity index (χ2n) is 6.79. The summed E-state index contributed by atoms with van der Waals surface area (Å²) in [6.07, 6.45) is 2.25. The van der Waals surface area contributed by atoms with Crippen LogP contribution in [0, 0.1) is 6.92 Å². The predicted octanol–water partition coefficient (Wildman–Crippen LogP) is 1.32. The number of aromatic nitrogens is 4. The second kappa shape index (κ2) is 8.93. The van der Waals surface area contributed by atoms with Gasteiger partial charge in [-0.05, 0) is 19.8 Å². The molecular formula is C17H24N6O4S. The summed E-state index contributed by atoms with van der Waals surface area (Å²) in [5.74, 6) is 1.91. The Morgan fingerprint density at radius 2 is 2.18 bits per heavy atom. The average Bonchev–Trinajstić information content (AvgIpc) is 3.44. The Morgan fingerprint density at radius 1 is 1.32 bits per heavy atom. The molecule has 0 spiro atoms. The number of amides is 1. The van der Waals surface area contributed by atoms with Crippen molar-refractivity contribution < 1.29 is 18.8 Å². The number of hydrogen-bond acceptors (Lipinski definition) is 9. The van der Waals surface area contributed by atoms with Crippen molar-refractivity contribution in [2.45, 2.75) is 37.6 Å². The SMILES string of the molecule is Cc1cc(NC(=O)CSc2nnc(N3CCOCC3)n2CC2CCCO2)no1. The van der Waals surface area contributed by atoms with Gasteiger partial charge in [0.05, 0.1) is 31.6 Å². The molecule has 0 radical (unpaired) electrons. The minimum atomic E-state index is -0.169. The normalized spacial score (nSPS) is 19.9. The molecule has 2 fully saturated rings. The van der Waals surface area contributed by atoms with E-state index in [1.807, 2.05) is 0 Å². The topological polar surface area (TPSA) is 108 Å². The smallest absolute Gasteiger partial charge is 0.236 e. The van der Waals surface area contributed by atoms with E-state index in [4.69, 9.17) is 14.0 Å². The molecule has 4 rings (SSSR count). The fraction of sp³-hybridized carbons (Fsp3) is 0.647. The van der Waals surface area contributed by atoms with Crippen LogP contribution in [0.3, 0.4) is 0 Å². The maximum absolute atomic E-state index is 12.2. The first-order valence-electron chi connectivity index (χ1n) is 9.42. The van der Waals surface area contributed by atoms with Crippen LogP contribution >= 0.6 is 11.8 Å². The van der Waals surface area contributed by atoms with E-state index in [9.17, 15) is 4.79 Å². The zero-order chi connectivity index (χ0) is 19.3. The number of aryl methyl sites for hydroxylation is 1. The third-order valence-corrected chi connectivity index (χ3v) is 5.60. The number of anilines is 2. The highest BCUT2D eigenvalue weighted by atomic mass is 32.2. The van der Waals surface area contributed by atoms with E-state index in [0.29, 0.717) is 36.5 Å². The molecule has 2 aliphatic rings. The first kappa shape index (κ1) is 19.2. The van der Waals surface area contributed by atoms with Crippen LogP contribution in [0.2, 0.25) is 0 Å². The number of nitrogens with one attached hydrogen (secondary N) is 1.